The first kappa shape index (κ1) is 37.6. The molecule has 1 amide bonds. The van der Waals surface area contributed by atoms with Crippen LogP contribution in [0.4, 0.5) is 4.79 Å². The molecule has 1 heterocycles. The van der Waals surface area contributed by atoms with Gasteiger partial charge in [-0.3, -0.25) is 4.79 Å². The van der Waals surface area contributed by atoms with Crippen LogP contribution in [0.2, 0.25) is 0 Å². The zero-order valence-electron chi connectivity index (χ0n) is 26.6. The van der Waals surface area contributed by atoms with Gasteiger partial charge in [-0.15, -0.1) is 0 Å². The quantitative estimate of drug-likeness (QED) is 0.101. The normalized spacial score (nSPS) is 28.3. The van der Waals surface area contributed by atoms with Gasteiger partial charge in [-0.1, -0.05) is 90.2 Å². The van der Waals surface area contributed by atoms with Crippen LogP contribution in [0.25, 0.3) is 0 Å². The van der Waals surface area contributed by atoms with E-state index in [1.807, 2.05) is 53.7 Å². The number of aliphatic hydroxyl groups is 4. The number of allylic oxidation sites excluding steroid dienone is 3. The molecule has 0 aliphatic carbocycles. The molecule has 0 aromatic rings. The first-order valence-corrected chi connectivity index (χ1v) is 15.0. The maximum absolute atomic E-state index is 12.0. The van der Waals surface area contributed by atoms with E-state index >= 15 is 0 Å². The maximum atomic E-state index is 12.0. The average molecular weight is 594 g/mol. The van der Waals surface area contributed by atoms with Gasteiger partial charge in [-0.25, -0.2) is 4.79 Å². The van der Waals surface area contributed by atoms with Crippen LogP contribution in [0.1, 0.15) is 68.2 Å². The second-order valence-corrected chi connectivity index (χ2v) is 12.4. The molecule has 1 rings (SSSR count). The second kappa shape index (κ2) is 17.6. The Labute approximate surface area is 252 Å². The summed E-state index contributed by atoms with van der Waals surface area (Å²) >= 11 is 0. The van der Waals surface area contributed by atoms with Crippen molar-refractivity contribution >= 4 is 12.1 Å². The zero-order chi connectivity index (χ0) is 32.3. The SMILES string of the molecule is C=C/C=C\[C@H](C)C(OC(N)=O)[C@@H](C)C(O)C(C)C/C(C)=C\[C@H](C)C(O)[C@@H](C)/C=C\[C@@H](O)C[C@@H]1OC(=O)C(C)[C@@H](O)[C@H]1C. The Bertz CT molecular complexity index is 962. The number of carbonyl (C=O) groups excluding carboxylic acids is 2. The van der Waals surface area contributed by atoms with Gasteiger partial charge in [0.05, 0.1) is 30.3 Å². The van der Waals surface area contributed by atoms with Crippen LogP contribution in [-0.2, 0) is 14.3 Å². The fraction of sp³-hybridized carbons (Fsp3) is 0.697. The van der Waals surface area contributed by atoms with Gasteiger partial charge in [-0.2, -0.15) is 0 Å². The molecule has 0 radical (unpaired) electrons. The van der Waals surface area contributed by atoms with Gasteiger partial charge in [-0.05, 0) is 26.2 Å². The molecule has 0 aromatic heterocycles. The molecule has 5 unspecified atom stereocenters. The highest BCUT2D eigenvalue weighted by molar-refractivity contribution is 5.73. The van der Waals surface area contributed by atoms with Crippen molar-refractivity contribution in [3.63, 3.8) is 0 Å². The van der Waals surface area contributed by atoms with Crippen LogP contribution in [-0.4, -0.2) is 69.1 Å². The summed E-state index contributed by atoms with van der Waals surface area (Å²) in [5, 5.41) is 42.8. The number of amides is 1. The van der Waals surface area contributed by atoms with Crippen LogP contribution < -0.4 is 5.73 Å². The largest absolute Gasteiger partial charge is 0.462 e. The minimum absolute atomic E-state index is 0.152. The van der Waals surface area contributed by atoms with E-state index in [4.69, 9.17) is 15.2 Å². The number of ether oxygens (including phenoxy) is 2. The van der Waals surface area contributed by atoms with E-state index in [1.165, 1.54) is 0 Å². The van der Waals surface area contributed by atoms with E-state index in [-0.39, 0.29) is 41.9 Å². The van der Waals surface area contributed by atoms with Gasteiger partial charge in [0.25, 0.3) is 0 Å². The predicted molar refractivity (Wildman–Crippen MR) is 164 cm³/mol. The summed E-state index contributed by atoms with van der Waals surface area (Å²) in [7, 11) is 0. The maximum Gasteiger partial charge on any atom is 0.404 e. The lowest BCUT2D eigenvalue weighted by molar-refractivity contribution is -0.179. The Morgan fingerprint density at radius 1 is 1.02 bits per heavy atom. The fourth-order valence-electron chi connectivity index (χ4n) is 5.80. The van der Waals surface area contributed by atoms with Crippen molar-refractivity contribution in [2.75, 3.05) is 0 Å². The summed E-state index contributed by atoms with van der Waals surface area (Å²) in [6, 6.07) is 0. The summed E-state index contributed by atoms with van der Waals surface area (Å²) in [6.07, 6.45) is 6.04. The van der Waals surface area contributed by atoms with Gasteiger partial charge >= 0.3 is 12.1 Å². The average Bonchev–Trinajstić information content (AvgIpc) is 2.93. The van der Waals surface area contributed by atoms with E-state index in [0.717, 1.165) is 5.57 Å². The number of primary amides is 1. The summed E-state index contributed by atoms with van der Waals surface area (Å²) in [5.41, 5.74) is 6.30. The second-order valence-electron chi connectivity index (χ2n) is 12.4. The van der Waals surface area contributed by atoms with Gasteiger partial charge in [0, 0.05) is 36.0 Å². The highest BCUT2D eigenvalue weighted by atomic mass is 16.6. The summed E-state index contributed by atoms with van der Waals surface area (Å²) < 4.78 is 10.8. The Morgan fingerprint density at radius 2 is 1.64 bits per heavy atom. The van der Waals surface area contributed by atoms with Crippen molar-refractivity contribution in [3.8, 4) is 0 Å². The molecule has 0 aromatic carbocycles. The van der Waals surface area contributed by atoms with E-state index in [1.54, 1.807) is 38.2 Å². The topological polar surface area (TPSA) is 160 Å². The molecule has 0 spiro atoms. The molecule has 1 aliphatic heterocycles. The molecule has 0 saturated carbocycles. The Kier molecular flexibility index (Phi) is 15.7. The summed E-state index contributed by atoms with van der Waals surface area (Å²) in [6.45, 7) is 18.5. The van der Waals surface area contributed by atoms with E-state index < -0.39 is 54.6 Å². The molecule has 1 saturated heterocycles. The summed E-state index contributed by atoms with van der Waals surface area (Å²) in [4.78, 5) is 23.5. The number of esters is 1. The number of cyclic esters (lactones) is 1. The number of nitrogens with two attached hydrogens (primary N) is 1. The number of hydrogen-bond acceptors (Lipinski definition) is 8. The fourth-order valence-corrected chi connectivity index (χ4v) is 5.80. The van der Waals surface area contributed by atoms with Crippen molar-refractivity contribution in [1.82, 2.24) is 0 Å². The first-order valence-electron chi connectivity index (χ1n) is 15.0. The highest BCUT2D eigenvalue weighted by Crippen LogP contribution is 2.30. The van der Waals surface area contributed by atoms with E-state index in [0.29, 0.717) is 6.42 Å². The minimum atomic E-state index is -0.894. The minimum Gasteiger partial charge on any atom is -0.462 e. The third-order valence-corrected chi connectivity index (χ3v) is 8.62. The number of carbonyl (C=O) groups is 2. The smallest absolute Gasteiger partial charge is 0.404 e. The molecule has 13 atom stereocenters. The summed E-state index contributed by atoms with van der Waals surface area (Å²) in [5.74, 6) is -2.52. The zero-order valence-corrected chi connectivity index (χ0v) is 26.6. The molecule has 42 heavy (non-hydrogen) atoms. The lowest BCUT2D eigenvalue weighted by atomic mass is 9.81. The van der Waals surface area contributed by atoms with Crippen LogP contribution in [0.3, 0.4) is 0 Å². The van der Waals surface area contributed by atoms with E-state index in [9.17, 15) is 30.0 Å². The molecule has 0 bridgehead atoms. The third-order valence-electron chi connectivity index (χ3n) is 8.62. The van der Waals surface area contributed by atoms with Crippen LogP contribution in [0, 0.1) is 41.4 Å². The van der Waals surface area contributed by atoms with Crippen LogP contribution in [0.15, 0.2) is 48.6 Å². The molecule has 240 valence electrons. The molecule has 9 nitrogen and oxygen atoms in total. The van der Waals surface area contributed by atoms with Crippen molar-refractivity contribution in [2.24, 2.45) is 47.2 Å². The van der Waals surface area contributed by atoms with Gasteiger partial charge < -0.3 is 35.6 Å². The Hall–Kier alpha value is -2.46. The third kappa shape index (κ3) is 11.3. The molecule has 1 fully saturated rings. The first-order chi connectivity index (χ1) is 19.5. The lowest BCUT2D eigenvalue weighted by Crippen LogP contribution is -2.47. The molecule has 6 N–H and O–H groups in total. The highest BCUT2D eigenvalue weighted by Gasteiger charge is 2.41. The van der Waals surface area contributed by atoms with Crippen molar-refractivity contribution in [1.29, 1.82) is 0 Å². The Morgan fingerprint density at radius 3 is 2.21 bits per heavy atom. The van der Waals surface area contributed by atoms with Crippen molar-refractivity contribution in [3.05, 3.63) is 48.6 Å². The molecular formula is C33H55NO8. The standard InChI is InChI=1S/C33H55NO8/c1-10-11-12-20(4)31(42-33(34)40)24(8)29(37)22(6)16-18(2)15-21(5)28(36)19(3)13-14-26(35)17-27-23(7)30(38)25(9)32(39)41-27/h10-15,19-31,35-38H,1,16-17H2,2-9H3,(H2,34,40)/b12-11-,14-13-,18-15-/t19-,20-,21-,22?,23-,24-,25?,26+,27-,28?,29?,30-,31?/m0/s1. The monoisotopic (exact) mass is 593 g/mol. The van der Waals surface area contributed by atoms with Gasteiger partial charge in [0.2, 0.25) is 0 Å². The van der Waals surface area contributed by atoms with Crippen LogP contribution in [0.5, 0.6) is 0 Å². The molecular weight excluding hydrogens is 538 g/mol. The predicted octanol–water partition coefficient (Wildman–Crippen LogP) is 4.30. The van der Waals surface area contributed by atoms with E-state index in [2.05, 4.69) is 6.58 Å². The van der Waals surface area contributed by atoms with Crippen molar-refractivity contribution < 1.29 is 39.5 Å². The lowest BCUT2D eigenvalue weighted by Gasteiger charge is -2.36. The molecule has 1 aliphatic rings. The van der Waals surface area contributed by atoms with Gasteiger partial charge in [0.1, 0.15) is 12.2 Å². The number of rotatable bonds is 16. The van der Waals surface area contributed by atoms with Gasteiger partial charge in [0.15, 0.2) is 0 Å². The number of hydrogen-bond donors (Lipinski definition) is 5. The van der Waals surface area contributed by atoms with Crippen LogP contribution >= 0.6 is 0 Å². The number of aliphatic hydroxyl groups excluding tert-OH is 4. The van der Waals surface area contributed by atoms with Crippen molar-refractivity contribution in [2.45, 2.75) is 105 Å². The molecule has 9 heteroatoms. The Balaban J connectivity index is 2.76.